The van der Waals surface area contributed by atoms with Crippen molar-refractivity contribution in [3.05, 3.63) is 34.3 Å². The van der Waals surface area contributed by atoms with Crippen LogP contribution in [0, 0.1) is 3.95 Å². The predicted molar refractivity (Wildman–Crippen MR) is 89.0 cm³/mol. The Labute approximate surface area is 140 Å². The number of amides is 2. The number of carbonyl (C=O) groups is 2. The van der Waals surface area contributed by atoms with Crippen molar-refractivity contribution in [3.63, 3.8) is 0 Å². The van der Waals surface area contributed by atoms with Gasteiger partial charge in [0.2, 0.25) is 11.8 Å². The molecule has 0 spiro atoms. The number of aromatic nitrogens is 2. The molecule has 2 heterocycles. The first-order valence-electron chi connectivity index (χ1n) is 6.77. The van der Waals surface area contributed by atoms with Gasteiger partial charge in [-0.2, -0.15) is 0 Å². The van der Waals surface area contributed by atoms with Crippen LogP contribution >= 0.6 is 35.3 Å². The minimum absolute atomic E-state index is 0.0759. The lowest BCUT2D eigenvalue weighted by Gasteiger charge is -2.12. The minimum atomic E-state index is -0.0759. The Morgan fingerprint density at radius 2 is 1.86 bits per heavy atom. The molecule has 1 aromatic carbocycles. The van der Waals surface area contributed by atoms with Crippen molar-refractivity contribution in [2.24, 2.45) is 0 Å². The molecular formula is C14H13N3O2S3. The molecule has 0 unspecified atom stereocenters. The monoisotopic (exact) mass is 351 g/mol. The molecule has 1 fully saturated rings. The predicted octanol–water partition coefficient (Wildman–Crippen LogP) is 2.90. The molecule has 114 valence electrons. The van der Waals surface area contributed by atoms with Crippen LogP contribution in [0.15, 0.2) is 34.7 Å². The highest BCUT2D eigenvalue weighted by atomic mass is 32.2. The molecule has 2 amide bonds. The molecule has 1 aliphatic heterocycles. The minimum Gasteiger partial charge on any atom is -0.282 e. The Morgan fingerprint density at radius 1 is 1.18 bits per heavy atom. The summed E-state index contributed by atoms with van der Waals surface area (Å²) in [5.74, 6) is 0.482. The van der Waals surface area contributed by atoms with E-state index in [0.29, 0.717) is 29.1 Å². The van der Waals surface area contributed by atoms with Gasteiger partial charge in [-0.1, -0.05) is 41.3 Å². The molecule has 1 aliphatic rings. The van der Waals surface area contributed by atoms with Gasteiger partial charge in [-0.25, -0.2) is 4.68 Å². The van der Waals surface area contributed by atoms with Gasteiger partial charge in [0.25, 0.3) is 0 Å². The molecule has 1 aromatic heterocycles. The topological polar surface area (TPSA) is 55.2 Å². The van der Waals surface area contributed by atoms with Crippen LogP contribution in [0.3, 0.4) is 0 Å². The quantitative estimate of drug-likeness (QED) is 0.471. The van der Waals surface area contributed by atoms with Gasteiger partial charge in [-0.05, 0) is 24.4 Å². The van der Waals surface area contributed by atoms with Gasteiger partial charge >= 0.3 is 0 Å². The van der Waals surface area contributed by atoms with Crippen LogP contribution in [0.5, 0.6) is 0 Å². The van der Waals surface area contributed by atoms with Crippen molar-refractivity contribution < 1.29 is 9.59 Å². The van der Waals surface area contributed by atoms with Crippen LogP contribution < -0.4 is 0 Å². The third-order valence-electron chi connectivity index (χ3n) is 3.23. The Bertz CT molecular complexity index is 738. The van der Waals surface area contributed by atoms with E-state index in [1.807, 2.05) is 30.3 Å². The number of carbonyl (C=O) groups excluding carboxylic acids is 2. The van der Waals surface area contributed by atoms with Gasteiger partial charge in [0.05, 0.1) is 5.69 Å². The molecular weight excluding hydrogens is 338 g/mol. The van der Waals surface area contributed by atoms with Crippen molar-refractivity contribution in [2.75, 3.05) is 12.3 Å². The van der Waals surface area contributed by atoms with E-state index in [2.05, 4.69) is 5.10 Å². The molecule has 0 radical (unpaired) electrons. The molecule has 0 N–H and O–H groups in total. The number of hydrogen-bond donors (Lipinski definition) is 0. The summed E-state index contributed by atoms with van der Waals surface area (Å²) in [6.45, 7) is 0.431. The maximum absolute atomic E-state index is 11.5. The lowest BCUT2D eigenvalue weighted by molar-refractivity contribution is -0.137. The van der Waals surface area contributed by atoms with E-state index in [-0.39, 0.29) is 11.8 Å². The number of para-hydroxylation sites is 1. The van der Waals surface area contributed by atoms with E-state index in [0.717, 1.165) is 10.0 Å². The van der Waals surface area contributed by atoms with Gasteiger partial charge in [0.1, 0.15) is 0 Å². The molecule has 3 rings (SSSR count). The number of likely N-dealkylation sites (tertiary alicyclic amines) is 1. The van der Waals surface area contributed by atoms with E-state index in [1.165, 1.54) is 28.0 Å². The third kappa shape index (κ3) is 3.29. The first-order chi connectivity index (χ1) is 10.6. The summed E-state index contributed by atoms with van der Waals surface area (Å²) in [6, 6.07) is 9.72. The fourth-order valence-electron chi connectivity index (χ4n) is 2.15. The average molecular weight is 351 g/mol. The average Bonchev–Trinajstić information content (AvgIpc) is 3.05. The fourth-order valence-corrected chi connectivity index (χ4v) is 4.50. The number of nitrogens with zero attached hydrogens (tertiary/aromatic N) is 3. The smallest absolute Gasteiger partial charge is 0.229 e. The van der Waals surface area contributed by atoms with E-state index < -0.39 is 0 Å². The lowest BCUT2D eigenvalue weighted by atomic mass is 10.3. The molecule has 1 saturated heterocycles. The van der Waals surface area contributed by atoms with E-state index in [9.17, 15) is 9.59 Å². The van der Waals surface area contributed by atoms with Crippen LogP contribution in [-0.4, -0.2) is 38.8 Å². The molecule has 22 heavy (non-hydrogen) atoms. The van der Waals surface area contributed by atoms with Crippen LogP contribution in [0.1, 0.15) is 12.8 Å². The Hall–Kier alpha value is -1.51. The molecule has 0 bridgehead atoms. The lowest BCUT2D eigenvalue weighted by Crippen LogP contribution is -2.31. The first-order valence-corrected chi connectivity index (χ1v) is 8.98. The largest absolute Gasteiger partial charge is 0.282 e. The van der Waals surface area contributed by atoms with Crippen molar-refractivity contribution in [1.29, 1.82) is 0 Å². The standard InChI is InChI=1S/C14H13N3O2S3/c18-11-6-7-12(19)16(11)8-9-21-13-15-17(14(20)22-13)10-4-2-1-3-5-10/h1-5H,6-9H2. The highest BCUT2D eigenvalue weighted by Crippen LogP contribution is 2.24. The van der Waals surface area contributed by atoms with Crippen molar-refractivity contribution in [2.45, 2.75) is 17.2 Å². The highest BCUT2D eigenvalue weighted by molar-refractivity contribution is 8.01. The summed E-state index contributed by atoms with van der Waals surface area (Å²) in [5, 5.41) is 4.49. The molecule has 2 aromatic rings. The highest BCUT2D eigenvalue weighted by Gasteiger charge is 2.28. The van der Waals surface area contributed by atoms with Crippen LogP contribution in [0.25, 0.3) is 5.69 Å². The Morgan fingerprint density at radius 3 is 2.55 bits per heavy atom. The van der Waals surface area contributed by atoms with Crippen LogP contribution in [0.4, 0.5) is 0 Å². The molecule has 0 saturated carbocycles. The van der Waals surface area contributed by atoms with E-state index in [1.54, 1.807) is 4.68 Å². The maximum atomic E-state index is 11.5. The second-order valence-corrected chi connectivity index (χ2v) is 7.63. The zero-order chi connectivity index (χ0) is 15.5. The van der Waals surface area contributed by atoms with Gasteiger partial charge in [0, 0.05) is 25.1 Å². The Balaban J connectivity index is 1.64. The van der Waals surface area contributed by atoms with Gasteiger partial charge in [-0.3, -0.25) is 14.5 Å². The summed E-state index contributed by atoms with van der Waals surface area (Å²) in [7, 11) is 0. The number of thioether (sulfide) groups is 1. The van der Waals surface area contributed by atoms with Crippen molar-refractivity contribution in [3.8, 4) is 5.69 Å². The SMILES string of the molecule is O=C1CCC(=O)N1CCSc1nn(-c2ccccc2)c(=S)s1. The molecule has 5 nitrogen and oxygen atoms in total. The summed E-state index contributed by atoms with van der Waals surface area (Å²) in [4.78, 5) is 24.4. The second kappa shape index (κ2) is 6.72. The normalized spacial score (nSPS) is 14.8. The van der Waals surface area contributed by atoms with E-state index >= 15 is 0 Å². The second-order valence-electron chi connectivity index (χ2n) is 4.67. The molecule has 8 heteroatoms. The van der Waals surface area contributed by atoms with E-state index in [4.69, 9.17) is 12.2 Å². The summed E-state index contributed by atoms with van der Waals surface area (Å²) < 4.78 is 3.25. The maximum Gasteiger partial charge on any atom is 0.229 e. The third-order valence-corrected chi connectivity index (χ3v) is 5.57. The Kier molecular flexibility index (Phi) is 4.70. The van der Waals surface area contributed by atoms with Crippen LogP contribution in [0.2, 0.25) is 0 Å². The summed E-state index contributed by atoms with van der Waals surface area (Å²) >= 11 is 8.29. The number of rotatable bonds is 5. The van der Waals surface area contributed by atoms with Gasteiger partial charge in [0.15, 0.2) is 8.29 Å². The van der Waals surface area contributed by atoms with Crippen molar-refractivity contribution in [1.82, 2.24) is 14.7 Å². The number of benzene rings is 1. The summed E-state index contributed by atoms with van der Waals surface area (Å²) in [5.41, 5.74) is 0.931. The zero-order valence-corrected chi connectivity index (χ0v) is 14.0. The van der Waals surface area contributed by atoms with Gasteiger partial charge in [-0.15, -0.1) is 5.10 Å². The zero-order valence-electron chi connectivity index (χ0n) is 11.6. The van der Waals surface area contributed by atoms with Crippen molar-refractivity contribution >= 4 is 47.1 Å². The molecule has 0 aliphatic carbocycles. The number of hydrogen-bond acceptors (Lipinski definition) is 6. The van der Waals surface area contributed by atoms with Gasteiger partial charge < -0.3 is 0 Å². The summed E-state index contributed by atoms with van der Waals surface area (Å²) in [6.07, 6.45) is 0.677. The molecule has 0 atom stereocenters. The first kappa shape index (κ1) is 15.4. The van der Waals surface area contributed by atoms with Crippen LogP contribution in [-0.2, 0) is 9.59 Å². The number of imide groups is 1. The fraction of sp³-hybridized carbons (Fsp3) is 0.286.